The maximum atomic E-state index is 14.3. The van der Waals surface area contributed by atoms with E-state index in [0.29, 0.717) is 17.8 Å². The second-order valence-electron chi connectivity index (χ2n) is 12.4. The first-order chi connectivity index (χ1) is 20.0. The van der Waals surface area contributed by atoms with E-state index < -0.39 is 5.60 Å². The molecule has 0 aliphatic heterocycles. The Labute approximate surface area is 247 Å². The Balaban J connectivity index is 1.47. The summed E-state index contributed by atoms with van der Waals surface area (Å²) in [5, 5.41) is 24.5. The minimum atomic E-state index is -0.925. The fourth-order valence-corrected chi connectivity index (χ4v) is 6.08. The highest BCUT2D eigenvalue weighted by Crippen LogP contribution is 2.39. The van der Waals surface area contributed by atoms with Crippen LogP contribution in [0.4, 0.5) is 0 Å². The Hall–Kier alpha value is -3.80. The monoisotopic (exact) mass is 567 g/mol. The number of hydrogen-bond donors (Lipinski definition) is 1. The van der Waals surface area contributed by atoms with Crippen LogP contribution in [0.15, 0.2) is 59.7 Å². The van der Waals surface area contributed by atoms with Crippen LogP contribution in [0, 0.1) is 11.3 Å². The Morgan fingerprint density at radius 2 is 1.86 bits per heavy atom. The Bertz CT molecular complexity index is 1650. The molecule has 1 aliphatic carbocycles. The number of fused-ring (bicyclic) bond motifs is 1. The van der Waals surface area contributed by atoms with Crippen molar-refractivity contribution in [2.45, 2.75) is 103 Å². The Morgan fingerprint density at radius 1 is 1.17 bits per heavy atom. The van der Waals surface area contributed by atoms with Crippen LogP contribution in [0.1, 0.15) is 95.1 Å². The lowest BCUT2D eigenvalue weighted by Crippen LogP contribution is -2.45. The molecule has 220 valence electrons. The molecule has 1 aliphatic rings. The van der Waals surface area contributed by atoms with E-state index in [2.05, 4.69) is 30.0 Å². The number of rotatable bonds is 9. The van der Waals surface area contributed by atoms with Gasteiger partial charge in [-0.15, -0.1) is 0 Å². The van der Waals surface area contributed by atoms with Crippen LogP contribution in [0.3, 0.4) is 0 Å². The minimum absolute atomic E-state index is 0.00256. The normalized spacial score (nSPS) is 20.0. The first-order valence-corrected chi connectivity index (χ1v) is 15.0. The van der Waals surface area contributed by atoms with Crippen molar-refractivity contribution in [2.75, 3.05) is 0 Å². The SMILES string of the molecule is CCCc1c(Cc2ccc(-c3ccccc3C#N)cc2)c(=O)n([C@H]2CC[C@](C)(OC(C)C(C)(C)O)CC2)c2ncnn12. The van der Waals surface area contributed by atoms with Gasteiger partial charge in [-0.2, -0.15) is 15.3 Å². The molecule has 2 aromatic heterocycles. The number of hydrogen-bond acceptors (Lipinski definition) is 6. The highest BCUT2D eigenvalue weighted by molar-refractivity contribution is 5.70. The van der Waals surface area contributed by atoms with Crippen molar-refractivity contribution < 1.29 is 9.84 Å². The first kappa shape index (κ1) is 29.7. The fourth-order valence-electron chi connectivity index (χ4n) is 6.08. The van der Waals surface area contributed by atoms with Gasteiger partial charge >= 0.3 is 0 Å². The highest BCUT2D eigenvalue weighted by atomic mass is 16.5. The zero-order valence-electron chi connectivity index (χ0n) is 25.3. The average Bonchev–Trinajstić information content (AvgIpc) is 3.45. The molecule has 2 aromatic carbocycles. The van der Waals surface area contributed by atoms with E-state index in [9.17, 15) is 15.2 Å². The summed E-state index contributed by atoms with van der Waals surface area (Å²) >= 11 is 0. The molecule has 42 heavy (non-hydrogen) atoms. The molecule has 5 rings (SSSR count). The van der Waals surface area contributed by atoms with E-state index >= 15 is 0 Å². The topological polar surface area (TPSA) is 105 Å². The summed E-state index contributed by atoms with van der Waals surface area (Å²) in [6.45, 7) is 9.67. The molecule has 0 saturated heterocycles. The van der Waals surface area contributed by atoms with Crippen molar-refractivity contribution in [3.8, 4) is 17.2 Å². The van der Waals surface area contributed by atoms with E-state index in [0.717, 1.165) is 66.5 Å². The number of aromatic nitrogens is 4. The molecule has 1 unspecified atom stereocenters. The van der Waals surface area contributed by atoms with Crippen LogP contribution < -0.4 is 5.56 Å². The van der Waals surface area contributed by atoms with Gasteiger partial charge in [0, 0.05) is 18.0 Å². The van der Waals surface area contributed by atoms with Gasteiger partial charge in [-0.3, -0.25) is 9.36 Å². The van der Waals surface area contributed by atoms with E-state index in [1.54, 1.807) is 13.8 Å². The van der Waals surface area contributed by atoms with E-state index in [1.807, 2.05) is 64.5 Å². The van der Waals surface area contributed by atoms with Gasteiger partial charge in [0.1, 0.15) is 6.33 Å². The number of nitriles is 1. The van der Waals surface area contributed by atoms with Crippen molar-refractivity contribution >= 4 is 5.78 Å². The van der Waals surface area contributed by atoms with Gasteiger partial charge in [-0.05, 0) is 82.6 Å². The van der Waals surface area contributed by atoms with Crippen molar-refractivity contribution in [3.63, 3.8) is 0 Å². The van der Waals surface area contributed by atoms with Gasteiger partial charge in [0.25, 0.3) is 5.56 Å². The standard InChI is InChI=1S/C34H41N5O3/c1-6-9-30-29(20-24-12-14-25(15-13-24)28-11-8-7-10-26(28)21-35)31(40)38(32-36-22-37-39(30)32)27-16-18-34(5,19-17-27)42-23(2)33(3,4)41/h7-8,10-15,22-23,27,41H,6,9,16-20H2,1-5H3/t23?,27-,34-. The van der Waals surface area contributed by atoms with Crippen molar-refractivity contribution in [3.05, 3.63) is 87.6 Å². The van der Waals surface area contributed by atoms with Crippen LogP contribution >= 0.6 is 0 Å². The maximum absolute atomic E-state index is 14.3. The molecular weight excluding hydrogens is 526 g/mol. The van der Waals surface area contributed by atoms with E-state index in [4.69, 9.17) is 4.74 Å². The largest absolute Gasteiger partial charge is 0.388 e. The summed E-state index contributed by atoms with van der Waals surface area (Å²) < 4.78 is 10.1. The van der Waals surface area contributed by atoms with Crippen molar-refractivity contribution in [1.82, 2.24) is 19.2 Å². The molecule has 4 aromatic rings. The number of ether oxygens (including phenoxy) is 1. The lowest BCUT2D eigenvalue weighted by atomic mass is 9.82. The van der Waals surface area contributed by atoms with Gasteiger partial charge in [0.05, 0.1) is 34.6 Å². The Kier molecular flexibility index (Phi) is 8.36. The van der Waals surface area contributed by atoms with E-state index in [-0.39, 0.29) is 23.3 Å². The number of nitrogens with zero attached hydrogens (tertiary/aromatic N) is 5. The fraction of sp³-hybridized carbons (Fsp3) is 0.471. The van der Waals surface area contributed by atoms with Gasteiger partial charge in [0.2, 0.25) is 5.78 Å². The molecule has 8 heteroatoms. The van der Waals surface area contributed by atoms with Crippen LogP contribution in [-0.4, -0.2) is 41.6 Å². The molecule has 0 bridgehead atoms. The number of aliphatic hydroxyl groups is 1. The third-order valence-corrected chi connectivity index (χ3v) is 8.84. The molecule has 1 saturated carbocycles. The molecular formula is C34H41N5O3. The van der Waals surface area contributed by atoms with Crippen LogP contribution in [0.5, 0.6) is 0 Å². The van der Waals surface area contributed by atoms with Crippen molar-refractivity contribution in [1.29, 1.82) is 5.26 Å². The lowest BCUT2D eigenvalue weighted by Gasteiger charge is -2.42. The zero-order chi connectivity index (χ0) is 30.1. The predicted octanol–water partition coefficient (Wildman–Crippen LogP) is 6.02. The van der Waals surface area contributed by atoms with Gasteiger partial charge in [0.15, 0.2) is 0 Å². The third-order valence-electron chi connectivity index (χ3n) is 8.84. The molecule has 0 radical (unpaired) electrons. The summed E-state index contributed by atoms with van der Waals surface area (Å²) in [5.74, 6) is 0.593. The molecule has 2 heterocycles. The Morgan fingerprint density at radius 3 is 2.50 bits per heavy atom. The van der Waals surface area contributed by atoms with Gasteiger partial charge < -0.3 is 9.84 Å². The van der Waals surface area contributed by atoms with Gasteiger partial charge in [-0.25, -0.2) is 4.52 Å². The maximum Gasteiger partial charge on any atom is 0.259 e. The molecule has 0 spiro atoms. The summed E-state index contributed by atoms with van der Waals surface area (Å²) in [7, 11) is 0. The molecule has 1 N–H and O–H groups in total. The average molecular weight is 568 g/mol. The molecule has 1 fully saturated rings. The van der Waals surface area contributed by atoms with Crippen LogP contribution in [-0.2, 0) is 17.6 Å². The predicted molar refractivity (Wildman–Crippen MR) is 163 cm³/mol. The second kappa shape index (κ2) is 11.8. The molecule has 8 nitrogen and oxygen atoms in total. The summed E-state index contributed by atoms with van der Waals surface area (Å²) in [6, 6.07) is 18.0. The smallest absolute Gasteiger partial charge is 0.259 e. The van der Waals surface area contributed by atoms with Gasteiger partial charge in [-0.1, -0.05) is 55.8 Å². The van der Waals surface area contributed by atoms with Crippen molar-refractivity contribution in [2.24, 2.45) is 0 Å². The second-order valence-corrected chi connectivity index (χ2v) is 12.4. The molecule has 1 atom stereocenters. The third kappa shape index (κ3) is 5.90. The summed E-state index contributed by atoms with van der Waals surface area (Å²) in [5.41, 5.74) is 3.91. The minimum Gasteiger partial charge on any atom is -0.388 e. The lowest BCUT2D eigenvalue weighted by molar-refractivity contribution is -0.163. The quantitative estimate of drug-likeness (QED) is 0.265. The first-order valence-electron chi connectivity index (χ1n) is 15.0. The zero-order valence-corrected chi connectivity index (χ0v) is 25.3. The summed E-state index contributed by atoms with van der Waals surface area (Å²) in [6.07, 6.45) is 6.44. The van der Waals surface area contributed by atoms with Crippen LogP contribution in [0.2, 0.25) is 0 Å². The number of benzene rings is 2. The van der Waals surface area contributed by atoms with Crippen LogP contribution in [0.25, 0.3) is 16.9 Å². The summed E-state index contributed by atoms with van der Waals surface area (Å²) in [4.78, 5) is 18.9. The highest BCUT2D eigenvalue weighted by Gasteiger charge is 2.38. The molecule has 0 amide bonds. The van der Waals surface area contributed by atoms with E-state index in [1.165, 1.54) is 6.33 Å². The number of aryl methyl sites for hydroxylation is 1.